The Balaban J connectivity index is 2.04. The molecule has 0 amide bonds. The first-order valence-electron chi connectivity index (χ1n) is 6.46. The highest BCUT2D eigenvalue weighted by Crippen LogP contribution is 2.34. The van der Waals surface area contributed by atoms with Gasteiger partial charge in [0.25, 0.3) is 0 Å². The topological polar surface area (TPSA) is 9.23 Å². The van der Waals surface area contributed by atoms with E-state index in [0.717, 1.165) is 23.2 Å². The van der Waals surface area contributed by atoms with Crippen LogP contribution in [0, 0.1) is 0 Å². The van der Waals surface area contributed by atoms with Gasteiger partial charge >= 0.3 is 0 Å². The Morgan fingerprint density at radius 2 is 1.89 bits per heavy atom. The van der Waals surface area contributed by atoms with Gasteiger partial charge in [0, 0.05) is 9.99 Å². The van der Waals surface area contributed by atoms with Crippen molar-refractivity contribution in [2.24, 2.45) is 0 Å². The van der Waals surface area contributed by atoms with E-state index in [9.17, 15) is 0 Å². The first-order valence-corrected chi connectivity index (χ1v) is 7.98. The fraction of sp³-hybridized carbons (Fsp3) is 0.176. The number of halogens is 1. The Bertz CT molecular complexity index is 602. The fourth-order valence-corrected chi connectivity index (χ4v) is 2.63. The summed E-state index contributed by atoms with van der Waals surface area (Å²) < 4.78 is 6.91. The summed E-state index contributed by atoms with van der Waals surface area (Å²) in [6.07, 6.45) is 5.39. The number of hydrogen-bond donors (Lipinski definition) is 0. The molecule has 0 saturated heterocycles. The third-order valence-electron chi connectivity index (χ3n) is 3.29. The molecule has 2 aromatic rings. The maximum absolute atomic E-state index is 5.90. The Morgan fingerprint density at radius 3 is 2.68 bits per heavy atom. The third-order valence-corrected chi connectivity index (χ3v) is 3.73. The molecule has 0 radical (unpaired) electrons. The average Bonchev–Trinajstić information content (AvgIpc) is 2.94. The van der Waals surface area contributed by atoms with Gasteiger partial charge in [-0.15, -0.1) is 0 Å². The Hall–Kier alpha value is -1.29. The number of hydrogen-bond acceptors (Lipinski definition) is 1. The first-order chi connectivity index (χ1) is 9.38. The van der Waals surface area contributed by atoms with Gasteiger partial charge in [0.05, 0.1) is 6.61 Å². The monoisotopic (exact) mass is 362 g/mol. The zero-order chi connectivity index (χ0) is 13.1. The van der Waals surface area contributed by atoms with Crippen LogP contribution < -0.4 is 4.74 Å². The van der Waals surface area contributed by atoms with Crippen LogP contribution >= 0.6 is 22.6 Å². The fourth-order valence-electron chi connectivity index (χ4n) is 2.41. The van der Waals surface area contributed by atoms with Crippen LogP contribution in [0.2, 0.25) is 0 Å². The molecule has 1 nitrogen and oxygen atoms in total. The van der Waals surface area contributed by atoms with Crippen LogP contribution in [-0.2, 0) is 6.42 Å². The van der Waals surface area contributed by atoms with Crippen molar-refractivity contribution in [2.75, 3.05) is 11.0 Å². The molecule has 3 rings (SSSR count). The van der Waals surface area contributed by atoms with E-state index in [1.807, 2.05) is 6.07 Å². The Labute approximate surface area is 127 Å². The predicted molar refractivity (Wildman–Crippen MR) is 89.0 cm³/mol. The predicted octanol–water partition coefficient (Wildman–Crippen LogP) is 4.74. The number of fused-ring (bicyclic) bond motifs is 1. The lowest BCUT2D eigenvalue weighted by molar-refractivity contribution is 0.346. The van der Waals surface area contributed by atoms with Crippen LogP contribution in [0.25, 0.3) is 17.2 Å². The van der Waals surface area contributed by atoms with E-state index in [1.54, 1.807) is 0 Å². The molecule has 0 aliphatic heterocycles. The van der Waals surface area contributed by atoms with E-state index in [4.69, 9.17) is 4.74 Å². The number of benzene rings is 2. The third kappa shape index (κ3) is 2.68. The zero-order valence-corrected chi connectivity index (χ0v) is 12.8. The van der Waals surface area contributed by atoms with Gasteiger partial charge < -0.3 is 4.74 Å². The van der Waals surface area contributed by atoms with E-state index >= 15 is 0 Å². The van der Waals surface area contributed by atoms with Gasteiger partial charge in [-0.3, -0.25) is 0 Å². The molecule has 0 bridgehead atoms. The van der Waals surface area contributed by atoms with Crippen LogP contribution in [0.1, 0.15) is 11.1 Å². The minimum Gasteiger partial charge on any atom is -0.492 e. The van der Waals surface area contributed by atoms with Crippen LogP contribution in [0.3, 0.4) is 0 Å². The zero-order valence-electron chi connectivity index (χ0n) is 10.6. The number of allylic oxidation sites excluding steroid dienone is 1. The summed E-state index contributed by atoms with van der Waals surface area (Å²) in [7, 11) is 0. The smallest absolute Gasteiger partial charge is 0.127 e. The SMILES string of the molecule is ICCOc1cc(-c2ccccc2)cc2c1C=CC2. The van der Waals surface area contributed by atoms with Gasteiger partial charge in [0.1, 0.15) is 5.75 Å². The standard InChI is InChI=1S/C17H15IO/c18-9-10-19-17-12-15(13-5-2-1-3-6-13)11-14-7-4-8-16(14)17/h1-6,8,11-12H,7,9-10H2. The minimum absolute atomic E-state index is 0.763. The van der Waals surface area contributed by atoms with Crippen LogP contribution in [0.4, 0.5) is 0 Å². The van der Waals surface area contributed by atoms with Crippen molar-refractivity contribution < 1.29 is 4.74 Å². The average molecular weight is 362 g/mol. The van der Waals surface area contributed by atoms with E-state index < -0.39 is 0 Å². The molecule has 0 heterocycles. The molecule has 96 valence electrons. The lowest BCUT2D eigenvalue weighted by Gasteiger charge is -2.12. The minimum atomic E-state index is 0.763. The highest BCUT2D eigenvalue weighted by molar-refractivity contribution is 14.1. The molecular formula is C17H15IO. The molecule has 0 aromatic heterocycles. The van der Waals surface area contributed by atoms with Crippen LogP contribution in [0.15, 0.2) is 48.5 Å². The molecule has 1 aliphatic rings. The molecule has 2 heteroatoms. The molecule has 19 heavy (non-hydrogen) atoms. The molecule has 1 aliphatic carbocycles. The van der Waals surface area contributed by atoms with Crippen LogP contribution in [0.5, 0.6) is 5.75 Å². The Kier molecular flexibility index (Phi) is 3.87. The summed E-state index contributed by atoms with van der Waals surface area (Å²) in [5.41, 5.74) is 5.11. The van der Waals surface area contributed by atoms with Crippen molar-refractivity contribution in [3.8, 4) is 16.9 Å². The van der Waals surface area contributed by atoms with Crippen molar-refractivity contribution >= 4 is 28.7 Å². The summed E-state index contributed by atoms with van der Waals surface area (Å²) in [5, 5.41) is 0. The van der Waals surface area contributed by atoms with Crippen molar-refractivity contribution in [2.45, 2.75) is 6.42 Å². The largest absolute Gasteiger partial charge is 0.492 e. The van der Waals surface area contributed by atoms with Gasteiger partial charge in [-0.25, -0.2) is 0 Å². The van der Waals surface area contributed by atoms with E-state index in [2.05, 4.69) is 71.1 Å². The van der Waals surface area contributed by atoms with Gasteiger partial charge in [-0.1, -0.05) is 65.1 Å². The number of alkyl halides is 1. The van der Waals surface area contributed by atoms with E-state index in [-0.39, 0.29) is 0 Å². The van der Waals surface area contributed by atoms with Crippen molar-refractivity contribution in [3.05, 3.63) is 59.7 Å². The summed E-state index contributed by atoms with van der Waals surface area (Å²) in [5.74, 6) is 1.02. The van der Waals surface area contributed by atoms with Gasteiger partial charge in [-0.05, 0) is 35.2 Å². The summed E-state index contributed by atoms with van der Waals surface area (Å²) in [6.45, 7) is 0.763. The van der Waals surface area contributed by atoms with Crippen molar-refractivity contribution in [3.63, 3.8) is 0 Å². The highest BCUT2D eigenvalue weighted by atomic mass is 127. The summed E-state index contributed by atoms with van der Waals surface area (Å²) in [6, 6.07) is 14.9. The second kappa shape index (κ2) is 5.78. The molecule has 0 spiro atoms. The second-order valence-electron chi connectivity index (χ2n) is 4.56. The summed E-state index contributed by atoms with van der Waals surface area (Å²) in [4.78, 5) is 0. The van der Waals surface area contributed by atoms with E-state index in [0.29, 0.717) is 0 Å². The van der Waals surface area contributed by atoms with Crippen molar-refractivity contribution in [1.82, 2.24) is 0 Å². The lowest BCUT2D eigenvalue weighted by Crippen LogP contribution is -2.00. The molecule has 0 unspecified atom stereocenters. The maximum atomic E-state index is 5.90. The first kappa shape index (κ1) is 12.7. The second-order valence-corrected chi connectivity index (χ2v) is 5.64. The van der Waals surface area contributed by atoms with Crippen LogP contribution in [-0.4, -0.2) is 11.0 Å². The molecule has 0 saturated carbocycles. The molecule has 0 fully saturated rings. The van der Waals surface area contributed by atoms with Crippen molar-refractivity contribution in [1.29, 1.82) is 0 Å². The van der Waals surface area contributed by atoms with Gasteiger partial charge in [0.15, 0.2) is 0 Å². The van der Waals surface area contributed by atoms with Gasteiger partial charge in [-0.2, -0.15) is 0 Å². The molecule has 0 N–H and O–H groups in total. The molecular weight excluding hydrogens is 347 g/mol. The maximum Gasteiger partial charge on any atom is 0.127 e. The molecule has 2 aromatic carbocycles. The number of ether oxygens (including phenoxy) is 1. The lowest BCUT2D eigenvalue weighted by atomic mass is 9.99. The Morgan fingerprint density at radius 1 is 1.05 bits per heavy atom. The number of rotatable bonds is 4. The summed E-state index contributed by atoms with van der Waals surface area (Å²) >= 11 is 2.34. The molecule has 0 atom stereocenters. The van der Waals surface area contributed by atoms with Gasteiger partial charge in [0.2, 0.25) is 0 Å². The quantitative estimate of drug-likeness (QED) is 0.564. The van der Waals surface area contributed by atoms with E-state index in [1.165, 1.54) is 22.3 Å². The normalized spacial score (nSPS) is 12.5. The highest BCUT2D eigenvalue weighted by Gasteiger charge is 2.13.